The van der Waals surface area contributed by atoms with Crippen LogP contribution in [0.2, 0.25) is 0 Å². The zero-order chi connectivity index (χ0) is 17.8. The van der Waals surface area contributed by atoms with E-state index in [9.17, 15) is 23.3 Å². The molecule has 1 rings (SSSR count). The summed E-state index contributed by atoms with van der Waals surface area (Å²) in [7, 11) is -2.81. The molecule has 0 amide bonds. The van der Waals surface area contributed by atoms with Gasteiger partial charge in [0.25, 0.3) is 0 Å². The van der Waals surface area contributed by atoms with Gasteiger partial charge in [0, 0.05) is 18.0 Å². The van der Waals surface area contributed by atoms with Crippen LogP contribution < -0.4 is 9.46 Å². The van der Waals surface area contributed by atoms with Gasteiger partial charge in [-0.15, -0.1) is 0 Å². The summed E-state index contributed by atoms with van der Waals surface area (Å²) in [6, 6.07) is 3.27. The van der Waals surface area contributed by atoms with Crippen LogP contribution >= 0.6 is 0 Å². The molecule has 0 aliphatic heterocycles. The molecule has 0 aliphatic carbocycles. The number of nitrogens with zero attached hydrogens (tertiary/aromatic N) is 1. The van der Waals surface area contributed by atoms with Crippen LogP contribution in [0.1, 0.15) is 26.7 Å². The van der Waals surface area contributed by atoms with Gasteiger partial charge in [-0.05, 0) is 32.4 Å². The van der Waals surface area contributed by atoms with Crippen molar-refractivity contribution in [2.75, 3.05) is 7.11 Å². The average Bonchev–Trinajstić information content (AvgIpc) is 2.43. The van der Waals surface area contributed by atoms with E-state index in [0.717, 1.165) is 6.07 Å². The van der Waals surface area contributed by atoms with E-state index in [4.69, 9.17) is 9.84 Å². The minimum absolute atomic E-state index is 0.0564. The summed E-state index contributed by atoms with van der Waals surface area (Å²) in [6.07, 6.45) is -0.141. The van der Waals surface area contributed by atoms with Crippen molar-refractivity contribution in [3.05, 3.63) is 28.3 Å². The molecule has 1 aromatic carbocycles. The molecule has 128 valence electrons. The summed E-state index contributed by atoms with van der Waals surface area (Å²) in [6.45, 7) is 3.07. The second-order valence-corrected chi connectivity index (χ2v) is 7.16. The number of rotatable bonds is 8. The Hall–Kier alpha value is -2.20. The van der Waals surface area contributed by atoms with E-state index in [1.165, 1.54) is 33.1 Å². The van der Waals surface area contributed by atoms with Gasteiger partial charge in [-0.3, -0.25) is 14.9 Å². The van der Waals surface area contributed by atoms with Crippen molar-refractivity contribution in [2.24, 2.45) is 0 Å². The number of nitrogens with one attached hydrogen (secondary N) is 1. The van der Waals surface area contributed by atoms with Gasteiger partial charge in [0.1, 0.15) is 0 Å². The van der Waals surface area contributed by atoms with Crippen molar-refractivity contribution in [3.63, 3.8) is 0 Å². The third kappa shape index (κ3) is 5.18. The maximum absolute atomic E-state index is 12.3. The van der Waals surface area contributed by atoms with Gasteiger partial charge in [0.15, 0.2) is 5.75 Å². The molecule has 0 heterocycles. The molecule has 0 aromatic heterocycles. The van der Waals surface area contributed by atoms with Crippen molar-refractivity contribution in [1.29, 1.82) is 0 Å². The lowest BCUT2D eigenvalue weighted by Crippen LogP contribution is -2.43. The van der Waals surface area contributed by atoms with Crippen LogP contribution in [0.15, 0.2) is 23.1 Å². The Morgan fingerprint density at radius 3 is 2.52 bits per heavy atom. The standard InChI is InChI=1S/C13H18N2O7S/c1-13(2,7-6-12(16)17)14-23(20,21)9-4-5-11(22-3)10(8-9)15(18)19/h4-5,8,14H,6-7H2,1-3H3,(H,16,17). The summed E-state index contributed by atoms with van der Waals surface area (Å²) in [5.74, 6) is -1.10. The average molecular weight is 346 g/mol. The number of methoxy groups -OCH3 is 1. The summed E-state index contributed by atoms with van der Waals surface area (Å²) in [4.78, 5) is 20.5. The first-order chi connectivity index (χ1) is 10.5. The molecule has 0 unspecified atom stereocenters. The molecule has 0 fully saturated rings. The number of carboxylic acids is 1. The van der Waals surface area contributed by atoms with Gasteiger partial charge in [-0.1, -0.05) is 0 Å². The lowest BCUT2D eigenvalue weighted by molar-refractivity contribution is -0.386. The Kier molecular flexibility index (Phi) is 5.67. The van der Waals surface area contributed by atoms with Crippen molar-refractivity contribution >= 4 is 21.7 Å². The van der Waals surface area contributed by atoms with Gasteiger partial charge >= 0.3 is 11.7 Å². The smallest absolute Gasteiger partial charge is 0.312 e. The quantitative estimate of drug-likeness (QED) is 0.538. The summed E-state index contributed by atoms with van der Waals surface area (Å²) >= 11 is 0. The molecular weight excluding hydrogens is 328 g/mol. The molecule has 0 saturated carbocycles. The number of ether oxygens (including phenoxy) is 1. The third-order valence-electron chi connectivity index (χ3n) is 3.03. The molecule has 0 bridgehead atoms. The van der Waals surface area contributed by atoms with Gasteiger partial charge < -0.3 is 9.84 Å². The number of aliphatic carboxylic acids is 1. The zero-order valence-corrected chi connectivity index (χ0v) is 13.7. The lowest BCUT2D eigenvalue weighted by Gasteiger charge is -2.25. The zero-order valence-electron chi connectivity index (χ0n) is 12.9. The first-order valence-electron chi connectivity index (χ1n) is 6.57. The van der Waals surface area contributed by atoms with Crippen molar-refractivity contribution in [2.45, 2.75) is 37.1 Å². The van der Waals surface area contributed by atoms with Crippen molar-refractivity contribution < 1.29 is 28.0 Å². The largest absolute Gasteiger partial charge is 0.490 e. The van der Waals surface area contributed by atoms with Crippen LogP contribution in [-0.2, 0) is 14.8 Å². The highest BCUT2D eigenvalue weighted by Gasteiger charge is 2.28. The Balaban J connectivity index is 3.11. The van der Waals surface area contributed by atoms with Crippen LogP contribution in [-0.4, -0.2) is 37.1 Å². The van der Waals surface area contributed by atoms with E-state index in [-0.39, 0.29) is 23.5 Å². The second kappa shape index (κ2) is 6.92. The molecule has 23 heavy (non-hydrogen) atoms. The lowest BCUT2D eigenvalue weighted by atomic mass is 10.0. The molecule has 0 spiro atoms. The van der Waals surface area contributed by atoms with E-state index in [1.54, 1.807) is 0 Å². The highest BCUT2D eigenvalue weighted by atomic mass is 32.2. The Morgan fingerprint density at radius 1 is 1.43 bits per heavy atom. The maximum Gasteiger partial charge on any atom is 0.312 e. The summed E-state index contributed by atoms with van der Waals surface area (Å²) in [5.41, 5.74) is -1.50. The Labute approximate surface area is 133 Å². The molecule has 9 nitrogen and oxygen atoms in total. The molecule has 0 atom stereocenters. The normalized spacial score (nSPS) is 12.0. The summed E-state index contributed by atoms with van der Waals surface area (Å²) in [5, 5.41) is 19.6. The van der Waals surface area contributed by atoms with Crippen LogP contribution in [0.5, 0.6) is 5.75 Å². The number of hydrogen-bond acceptors (Lipinski definition) is 6. The monoisotopic (exact) mass is 346 g/mol. The van der Waals surface area contributed by atoms with E-state index in [1.807, 2.05) is 0 Å². The molecule has 0 saturated heterocycles. The minimum atomic E-state index is -4.05. The first-order valence-corrected chi connectivity index (χ1v) is 8.05. The molecule has 10 heteroatoms. The topological polar surface area (TPSA) is 136 Å². The number of nitro groups is 1. The SMILES string of the molecule is COc1ccc(S(=O)(=O)NC(C)(C)CCC(=O)O)cc1[N+](=O)[O-]. The maximum atomic E-state index is 12.3. The molecule has 0 radical (unpaired) electrons. The van der Waals surface area contributed by atoms with Crippen LogP contribution in [0.25, 0.3) is 0 Å². The van der Waals surface area contributed by atoms with Gasteiger partial charge in [-0.2, -0.15) is 0 Å². The Bertz CT molecular complexity index is 713. The molecular formula is C13H18N2O7S. The number of carboxylic acid groups (broad SMARTS) is 1. The highest BCUT2D eigenvalue weighted by Crippen LogP contribution is 2.29. The van der Waals surface area contributed by atoms with Gasteiger partial charge in [0.05, 0.1) is 16.9 Å². The van der Waals surface area contributed by atoms with Crippen molar-refractivity contribution in [1.82, 2.24) is 4.72 Å². The van der Waals surface area contributed by atoms with Crippen molar-refractivity contribution in [3.8, 4) is 5.75 Å². The van der Waals surface area contributed by atoms with E-state index in [2.05, 4.69) is 4.72 Å². The highest BCUT2D eigenvalue weighted by molar-refractivity contribution is 7.89. The van der Waals surface area contributed by atoms with Gasteiger partial charge in [0.2, 0.25) is 10.0 Å². The number of nitro benzene ring substituents is 1. The predicted molar refractivity (Wildman–Crippen MR) is 80.9 cm³/mol. The Morgan fingerprint density at radius 2 is 2.04 bits per heavy atom. The van der Waals surface area contributed by atoms with Gasteiger partial charge in [-0.25, -0.2) is 13.1 Å². The fourth-order valence-electron chi connectivity index (χ4n) is 1.87. The van der Waals surface area contributed by atoms with E-state index in [0.29, 0.717) is 0 Å². The fourth-order valence-corrected chi connectivity index (χ4v) is 3.33. The second-order valence-electron chi connectivity index (χ2n) is 5.47. The number of hydrogen-bond donors (Lipinski definition) is 2. The molecule has 1 aromatic rings. The number of benzene rings is 1. The molecule has 0 aliphatic rings. The first kappa shape index (κ1) is 18.8. The van der Waals surface area contributed by atoms with Crippen LogP contribution in [0.3, 0.4) is 0 Å². The van der Waals surface area contributed by atoms with E-state index < -0.39 is 32.1 Å². The van der Waals surface area contributed by atoms with Crippen LogP contribution in [0, 0.1) is 10.1 Å². The minimum Gasteiger partial charge on any atom is -0.490 e. The van der Waals surface area contributed by atoms with E-state index >= 15 is 0 Å². The summed E-state index contributed by atoms with van der Waals surface area (Å²) < 4.78 is 31.9. The predicted octanol–water partition coefficient (Wildman–Crippen LogP) is 1.53. The fraction of sp³-hybridized carbons (Fsp3) is 0.462. The molecule has 2 N–H and O–H groups in total. The number of sulfonamides is 1. The third-order valence-corrected chi connectivity index (χ3v) is 4.73. The number of carbonyl (C=O) groups is 1. The van der Waals surface area contributed by atoms with Crippen LogP contribution in [0.4, 0.5) is 5.69 Å².